The molecule has 18 heavy (non-hydrogen) atoms. The van der Waals surface area contributed by atoms with Gasteiger partial charge >= 0.3 is 0 Å². The molecule has 4 nitrogen and oxygen atoms in total. The minimum atomic E-state index is -0.386. The van der Waals surface area contributed by atoms with E-state index in [1.165, 1.54) is 0 Å². The molecule has 1 atom stereocenters. The Morgan fingerprint density at radius 1 is 1.44 bits per heavy atom. The number of benzene rings is 1. The minimum Gasteiger partial charge on any atom is -0.322 e. The highest BCUT2D eigenvalue weighted by molar-refractivity contribution is 7.81. The van der Waals surface area contributed by atoms with E-state index in [0.717, 1.165) is 17.2 Å². The van der Waals surface area contributed by atoms with Gasteiger partial charge in [-0.15, -0.1) is 0 Å². The molecule has 2 rings (SSSR count). The van der Waals surface area contributed by atoms with E-state index < -0.39 is 0 Å². The number of aromatic nitrogens is 2. The molecule has 0 fully saturated rings. The van der Waals surface area contributed by atoms with Crippen molar-refractivity contribution >= 4 is 58.6 Å². The molecule has 96 valence electrons. The van der Waals surface area contributed by atoms with Gasteiger partial charge in [0.25, 0.3) is 0 Å². The first-order valence-corrected chi connectivity index (χ1v) is 7.03. The van der Waals surface area contributed by atoms with Gasteiger partial charge in [0, 0.05) is 0 Å². The van der Waals surface area contributed by atoms with Crippen LogP contribution in [-0.4, -0.2) is 19.9 Å². The summed E-state index contributed by atoms with van der Waals surface area (Å²) in [7, 11) is 0. The van der Waals surface area contributed by atoms with Crippen LogP contribution in [-0.2, 0) is 4.79 Å². The van der Waals surface area contributed by atoms with Crippen molar-refractivity contribution in [2.75, 3.05) is 5.32 Å². The van der Waals surface area contributed by atoms with E-state index in [9.17, 15) is 4.79 Å². The Kier molecular flexibility index (Phi) is 4.09. The maximum absolute atomic E-state index is 12.0. The lowest BCUT2D eigenvalue weighted by atomic mass is 10.1. The van der Waals surface area contributed by atoms with Crippen LogP contribution in [0.2, 0.25) is 5.02 Å². The summed E-state index contributed by atoms with van der Waals surface area (Å²) < 4.78 is 8.25. The van der Waals surface area contributed by atoms with Crippen molar-refractivity contribution in [2.24, 2.45) is 5.92 Å². The Bertz CT molecular complexity index is 585. The van der Waals surface area contributed by atoms with Gasteiger partial charge in [0.05, 0.1) is 27.7 Å². The second kappa shape index (κ2) is 5.42. The van der Waals surface area contributed by atoms with Crippen molar-refractivity contribution in [3.05, 3.63) is 17.2 Å². The number of carbonyl (C=O) groups excluding carboxylic acids is 1. The first-order chi connectivity index (χ1) is 8.50. The van der Waals surface area contributed by atoms with Gasteiger partial charge in [0.2, 0.25) is 5.91 Å². The molecule has 2 aromatic rings. The number of halogens is 1. The first-order valence-electron chi connectivity index (χ1n) is 5.40. The number of thiol groups is 1. The lowest BCUT2D eigenvalue weighted by Crippen LogP contribution is -2.27. The van der Waals surface area contributed by atoms with E-state index in [0.29, 0.717) is 16.2 Å². The maximum atomic E-state index is 12.0. The van der Waals surface area contributed by atoms with Gasteiger partial charge in [-0.25, -0.2) is 0 Å². The van der Waals surface area contributed by atoms with Crippen LogP contribution in [0.1, 0.15) is 13.8 Å². The topological polar surface area (TPSA) is 54.9 Å². The van der Waals surface area contributed by atoms with E-state index in [1.807, 2.05) is 13.8 Å². The molecule has 1 aromatic heterocycles. The number of hydrogen-bond acceptors (Lipinski definition) is 5. The Balaban J connectivity index is 2.34. The third-order valence-electron chi connectivity index (χ3n) is 2.53. The summed E-state index contributed by atoms with van der Waals surface area (Å²) in [6.07, 6.45) is 0. The Labute approximate surface area is 119 Å². The highest BCUT2D eigenvalue weighted by atomic mass is 35.5. The molecule has 0 bridgehead atoms. The van der Waals surface area contributed by atoms with Gasteiger partial charge in [-0.2, -0.15) is 21.4 Å². The van der Waals surface area contributed by atoms with Crippen molar-refractivity contribution in [2.45, 2.75) is 19.1 Å². The molecule has 0 aliphatic carbocycles. The summed E-state index contributed by atoms with van der Waals surface area (Å²) in [5, 5.41) is 2.84. The van der Waals surface area contributed by atoms with Crippen LogP contribution in [0, 0.1) is 5.92 Å². The quantitative estimate of drug-likeness (QED) is 0.856. The van der Waals surface area contributed by atoms with Crippen LogP contribution in [0.15, 0.2) is 12.1 Å². The average molecular weight is 302 g/mol. The number of amides is 1. The molecular formula is C11H12ClN3OS2. The normalized spacial score (nSPS) is 12.9. The summed E-state index contributed by atoms with van der Waals surface area (Å²) >= 11 is 11.4. The van der Waals surface area contributed by atoms with E-state index in [4.69, 9.17) is 11.6 Å². The molecule has 0 aliphatic rings. The SMILES string of the molecule is CC(C)C(S)C(=O)Nc1c(Cl)ccc2nsnc12. The van der Waals surface area contributed by atoms with Gasteiger partial charge in [-0.05, 0) is 18.1 Å². The van der Waals surface area contributed by atoms with Gasteiger partial charge < -0.3 is 5.32 Å². The number of nitrogens with one attached hydrogen (secondary N) is 1. The van der Waals surface area contributed by atoms with Crippen molar-refractivity contribution in [1.82, 2.24) is 8.75 Å². The van der Waals surface area contributed by atoms with E-state index in [2.05, 4.69) is 26.7 Å². The lowest BCUT2D eigenvalue weighted by Gasteiger charge is -2.15. The number of hydrogen-bond donors (Lipinski definition) is 2. The Morgan fingerprint density at radius 2 is 2.17 bits per heavy atom. The summed E-state index contributed by atoms with van der Waals surface area (Å²) in [6.45, 7) is 3.87. The van der Waals surface area contributed by atoms with Crippen molar-refractivity contribution < 1.29 is 4.79 Å². The zero-order valence-corrected chi connectivity index (χ0v) is 12.3. The van der Waals surface area contributed by atoms with Gasteiger partial charge in [-0.3, -0.25) is 4.79 Å². The summed E-state index contributed by atoms with van der Waals surface area (Å²) in [6, 6.07) is 3.47. The first kappa shape index (κ1) is 13.6. The highest BCUT2D eigenvalue weighted by Gasteiger charge is 2.20. The molecule has 7 heteroatoms. The van der Waals surface area contributed by atoms with Crippen LogP contribution >= 0.6 is 36.0 Å². The molecule has 0 aliphatic heterocycles. The van der Waals surface area contributed by atoms with Crippen LogP contribution in [0.3, 0.4) is 0 Å². The van der Waals surface area contributed by atoms with E-state index >= 15 is 0 Å². The molecular weight excluding hydrogens is 290 g/mol. The standard InChI is InChI=1S/C11H12ClN3OS2/c1-5(2)10(17)11(16)13-8-6(12)3-4-7-9(8)15-18-14-7/h3-5,10,17H,1-2H3,(H,13,16). The average Bonchev–Trinajstić information content (AvgIpc) is 2.79. The van der Waals surface area contributed by atoms with E-state index in [1.54, 1.807) is 12.1 Å². The third-order valence-corrected chi connectivity index (χ3v) is 4.21. The fourth-order valence-electron chi connectivity index (χ4n) is 1.45. The molecule has 0 saturated carbocycles. The van der Waals surface area contributed by atoms with Gasteiger partial charge in [-0.1, -0.05) is 25.4 Å². The Morgan fingerprint density at radius 3 is 2.83 bits per heavy atom. The predicted octanol–water partition coefficient (Wildman–Crippen LogP) is 3.24. The maximum Gasteiger partial charge on any atom is 0.237 e. The molecule has 0 saturated heterocycles. The molecule has 1 aromatic carbocycles. The smallest absolute Gasteiger partial charge is 0.237 e. The van der Waals surface area contributed by atoms with Crippen LogP contribution in [0.5, 0.6) is 0 Å². The molecule has 1 unspecified atom stereocenters. The van der Waals surface area contributed by atoms with Crippen LogP contribution < -0.4 is 5.32 Å². The summed E-state index contributed by atoms with van der Waals surface area (Å²) in [5.74, 6) is -0.0457. The summed E-state index contributed by atoms with van der Waals surface area (Å²) in [4.78, 5) is 12.0. The largest absolute Gasteiger partial charge is 0.322 e. The predicted molar refractivity (Wildman–Crippen MR) is 78.7 cm³/mol. The van der Waals surface area contributed by atoms with Gasteiger partial charge in [0.1, 0.15) is 11.0 Å². The fourth-order valence-corrected chi connectivity index (χ4v) is 2.25. The molecule has 0 spiro atoms. The minimum absolute atomic E-state index is 0.139. The zero-order valence-electron chi connectivity index (χ0n) is 9.85. The fraction of sp³-hybridized carbons (Fsp3) is 0.364. The van der Waals surface area contributed by atoms with E-state index in [-0.39, 0.29) is 17.1 Å². The molecule has 0 radical (unpaired) electrons. The third kappa shape index (κ3) is 2.60. The number of carbonyl (C=O) groups is 1. The number of rotatable bonds is 3. The van der Waals surface area contributed by atoms with Gasteiger partial charge in [0.15, 0.2) is 0 Å². The number of nitrogens with zero attached hydrogens (tertiary/aromatic N) is 2. The second-order valence-electron chi connectivity index (χ2n) is 4.23. The Hall–Kier alpha value is -0.850. The summed E-state index contributed by atoms with van der Waals surface area (Å²) in [5.41, 5.74) is 1.85. The van der Waals surface area contributed by atoms with Crippen molar-refractivity contribution in [1.29, 1.82) is 0 Å². The van der Waals surface area contributed by atoms with Crippen molar-refractivity contribution in [3.8, 4) is 0 Å². The molecule has 1 heterocycles. The number of anilines is 1. The number of fused-ring (bicyclic) bond motifs is 1. The molecule has 1 N–H and O–H groups in total. The van der Waals surface area contributed by atoms with Crippen molar-refractivity contribution in [3.63, 3.8) is 0 Å². The molecule has 1 amide bonds. The monoisotopic (exact) mass is 301 g/mol. The van der Waals surface area contributed by atoms with Crippen LogP contribution in [0.4, 0.5) is 5.69 Å². The van der Waals surface area contributed by atoms with Crippen LogP contribution in [0.25, 0.3) is 11.0 Å². The second-order valence-corrected chi connectivity index (χ2v) is 5.72. The lowest BCUT2D eigenvalue weighted by molar-refractivity contribution is -0.116. The highest BCUT2D eigenvalue weighted by Crippen LogP contribution is 2.30. The zero-order chi connectivity index (χ0) is 13.3.